The summed E-state index contributed by atoms with van der Waals surface area (Å²) in [5, 5.41) is 15.2. The highest BCUT2D eigenvalue weighted by atomic mass is 19.1. The molecule has 1 aromatic carbocycles. The fourth-order valence-corrected chi connectivity index (χ4v) is 2.87. The molecule has 0 amide bonds. The molecule has 0 aliphatic rings. The van der Waals surface area contributed by atoms with Gasteiger partial charge in [0.2, 0.25) is 0 Å². The number of hydrogen-bond acceptors (Lipinski definition) is 7. The van der Waals surface area contributed by atoms with Crippen molar-refractivity contribution in [2.24, 2.45) is 0 Å². The molecule has 0 atom stereocenters. The highest BCUT2D eigenvalue weighted by Crippen LogP contribution is 2.27. The van der Waals surface area contributed by atoms with E-state index in [-0.39, 0.29) is 6.61 Å². The highest BCUT2D eigenvalue weighted by molar-refractivity contribution is 5.89. The number of H-pyrrole nitrogens is 1. The van der Waals surface area contributed by atoms with E-state index in [1.54, 1.807) is 6.20 Å². The number of rotatable bonds is 5. The predicted octanol–water partition coefficient (Wildman–Crippen LogP) is 3.96. The largest absolute Gasteiger partial charge is 0.485 e. The van der Waals surface area contributed by atoms with Crippen LogP contribution in [0.15, 0.2) is 59.5 Å². The molecule has 0 aliphatic carbocycles. The third-order valence-corrected chi connectivity index (χ3v) is 4.18. The summed E-state index contributed by atoms with van der Waals surface area (Å²) in [6, 6.07) is 10.6. The van der Waals surface area contributed by atoms with Crippen LogP contribution in [0.4, 0.5) is 15.9 Å². The van der Waals surface area contributed by atoms with Gasteiger partial charge in [0.05, 0.1) is 17.9 Å². The smallest absolute Gasteiger partial charge is 0.178 e. The molecule has 5 aromatic rings. The normalized spacial score (nSPS) is 11.2. The first-order valence-corrected chi connectivity index (χ1v) is 8.44. The van der Waals surface area contributed by atoms with Gasteiger partial charge in [-0.2, -0.15) is 5.10 Å². The number of pyridine rings is 2. The van der Waals surface area contributed by atoms with Gasteiger partial charge in [0, 0.05) is 29.4 Å². The Kier molecular flexibility index (Phi) is 3.82. The third-order valence-electron chi connectivity index (χ3n) is 4.18. The van der Waals surface area contributed by atoms with Crippen molar-refractivity contribution in [1.82, 2.24) is 25.3 Å². The first kappa shape index (κ1) is 16.2. The van der Waals surface area contributed by atoms with E-state index < -0.39 is 5.82 Å². The molecule has 8 nitrogen and oxygen atoms in total. The van der Waals surface area contributed by atoms with E-state index in [2.05, 4.69) is 30.6 Å². The second-order valence-electron chi connectivity index (χ2n) is 6.06. The van der Waals surface area contributed by atoms with Crippen molar-refractivity contribution < 1.29 is 13.7 Å². The van der Waals surface area contributed by atoms with Crippen LogP contribution in [0.1, 0.15) is 5.69 Å². The van der Waals surface area contributed by atoms with Gasteiger partial charge in [-0.15, -0.1) is 0 Å². The van der Waals surface area contributed by atoms with Crippen molar-refractivity contribution in [2.45, 2.75) is 6.61 Å². The number of anilines is 2. The molecule has 138 valence electrons. The number of benzene rings is 1. The Bertz CT molecular complexity index is 1280. The van der Waals surface area contributed by atoms with Crippen molar-refractivity contribution in [2.75, 3.05) is 5.32 Å². The van der Waals surface area contributed by atoms with Gasteiger partial charge >= 0.3 is 0 Å². The van der Waals surface area contributed by atoms with E-state index in [1.165, 1.54) is 12.3 Å². The molecule has 0 aliphatic heterocycles. The Morgan fingerprint density at radius 3 is 3.07 bits per heavy atom. The second-order valence-corrected chi connectivity index (χ2v) is 6.06. The first-order chi connectivity index (χ1) is 13.8. The summed E-state index contributed by atoms with van der Waals surface area (Å²) in [6.45, 7) is 0.138. The lowest BCUT2D eigenvalue weighted by molar-refractivity contribution is 0.289. The fraction of sp³-hybridized carbons (Fsp3) is 0.0526. The van der Waals surface area contributed by atoms with E-state index in [0.29, 0.717) is 22.8 Å². The number of ether oxygens (including phenoxy) is 1. The minimum Gasteiger partial charge on any atom is -0.485 e. The molecular formula is C19H13FN6O2. The Morgan fingerprint density at radius 2 is 2.14 bits per heavy atom. The van der Waals surface area contributed by atoms with E-state index in [4.69, 9.17) is 9.26 Å². The summed E-state index contributed by atoms with van der Waals surface area (Å²) in [5.74, 6) is 0.489. The van der Waals surface area contributed by atoms with Crippen molar-refractivity contribution in [3.05, 3.63) is 66.5 Å². The molecule has 0 saturated heterocycles. The monoisotopic (exact) mass is 376 g/mol. The van der Waals surface area contributed by atoms with Gasteiger partial charge in [0.1, 0.15) is 29.4 Å². The molecule has 0 unspecified atom stereocenters. The zero-order valence-electron chi connectivity index (χ0n) is 14.4. The number of aromatic nitrogens is 5. The molecule has 2 N–H and O–H groups in total. The molecule has 4 heterocycles. The van der Waals surface area contributed by atoms with Gasteiger partial charge in [-0.25, -0.2) is 4.39 Å². The Hall–Kier alpha value is -4.01. The fourth-order valence-electron chi connectivity index (χ4n) is 2.87. The maximum Gasteiger partial charge on any atom is 0.178 e. The Labute approximate surface area is 157 Å². The summed E-state index contributed by atoms with van der Waals surface area (Å²) in [5.41, 5.74) is 3.57. The summed E-state index contributed by atoms with van der Waals surface area (Å²) in [4.78, 5) is 8.07. The molecular weight excluding hydrogens is 363 g/mol. The minimum absolute atomic E-state index is 0.138. The molecule has 0 bridgehead atoms. The molecule has 0 radical (unpaired) electrons. The van der Waals surface area contributed by atoms with Gasteiger partial charge in [0.15, 0.2) is 11.4 Å². The van der Waals surface area contributed by atoms with E-state index >= 15 is 0 Å². The molecule has 0 fully saturated rings. The van der Waals surface area contributed by atoms with Crippen molar-refractivity contribution in [3.63, 3.8) is 0 Å². The molecule has 0 spiro atoms. The van der Waals surface area contributed by atoms with E-state index in [0.717, 1.165) is 28.3 Å². The van der Waals surface area contributed by atoms with Crippen LogP contribution in [0.5, 0.6) is 5.75 Å². The van der Waals surface area contributed by atoms with Crippen LogP contribution in [0.25, 0.3) is 22.0 Å². The first-order valence-electron chi connectivity index (χ1n) is 8.44. The molecule has 28 heavy (non-hydrogen) atoms. The zero-order valence-corrected chi connectivity index (χ0v) is 14.4. The zero-order chi connectivity index (χ0) is 18.9. The maximum absolute atomic E-state index is 13.2. The van der Waals surface area contributed by atoms with Crippen molar-refractivity contribution in [3.8, 4) is 5.75 Å². The second kappa shape index (κ2) is 6.62. The topological polar surface area (TPSA) is 102 Å². The van der Waals surface area contributed by atoms with E-state index in [9.17, 15) is 4.39 Å². The van der Waals surface area contributed by atoms with Crippen LogP contribution < -0.4 is 10.1 Å². The van der Waals surface area contributed by atoms with Crippen LogP contribution in [0, 0.1) is 5.82 Å². The SMILES string of the molecule is Fc1cncc(OCc2noc3cc(Nc4n[nH]c5cccnc45)ccc23)c1. The lowest BCUT2D eigenvalue weighted by Gasteiger charge is -2.04. The Balaban J connectivity index is 1.37. The van der Waals surface area contributed by atoms with Crippen LogP contribution in [-0.4, -0.2) is 25.3 Å². The van der Waals surface area contributed by atoms with Gasteiger partial charge in [0.25, 0.3) is 0 Å². The van der Waals surface area contributed by atoms with Crippen molar-refractivity contribution >= 4 is 33.5 Å². The lowest BCUT2D eigenvalue weighted by Crippen LogP contribution is -1.97. The van der Waals surface area contributed by atoms with Gasteiger partial charge < -0.3 is 14.6 Å². The summed E-state index contributed by atoms with van der Waals surface area (Å²) in [7, 11) is 0. The van der Waals surface area contributed by atoms with Crippen LogP contribution in [0.3, 0.4) is 0 Å². The molecule has 5 rings (SSSR count). The number of fused-ring (bicyclic) bond motifs is 2. The van der Waals surface area contributed by atoms with Crippen LogP contribution >= 0.6 is 0 Å². The predicted molar refractivity (Wildman–Crippen MR) is 99.7 cm³/mol. The average molecular weight is 376 g/mol. The van der Waals surface area contributed by atoms with Crippen LogP contribution in [-0.2, 0) is 6.61 Å². The number of nitrogens with one attached hydrogen (secondary N) is 2. The Morgan fingerprint density at radius 1 is 1.18 bits per heavy atom. The number of nitrogens with zero attached hydrogens (tertiary/aromatic N) is 4. The molecule has 4 aromatic heterocycles. The number of aromatic amines is 1. The third kappa shape index (κ3) is 2.98. The van der Waals surface area contributed by atoms with E-state index in [1.807, 2.05) is 30.3 Å². The standard InChI is InChI=1S/C19H13FN6O2/c20-11-6-13(9-21-8-11)27-10-16-14-4-3-12(7-17(14)28-26-16)23-19-18-15(24-25-19)2-1-5-22-18/h1-9H,10H2,(H2,23,24,25). The van der Waals surface area contributed by atoms with Gasteiger partial charge in [-0.1, -0.05) is 5.16 Å². The maximum atomic E-state index is 13.2. The number of halogens is 1. The van der Waals surface area contributed by atoms with Gasteiger partial charge in [-0.05, 0) is 24.3 Å². The highest BCUT2D eigenvalue weighted by Gasteiger charge is 2.12. The van der Waals surface area contributed by atoms with Crippen molar-refractivity contribution in [1.29, 1.82) is 0 Å². The summed E-state index contributed by atoms with van der Waals surface area (Å²) in [6.07, 6.45) is 4.27. The number of hydrogen-bond donors (Lipinski definition) is 2. The lowest BCUT2D eigenvalue weighted by atomic mass is 10.2. The quantitative estimate of drug-likeness (QED) is 0.479. The van der Waals surface area contributed by atoms with Gasteiger partial charge in [-0.3, -0.25) is 15.1 Å². The molecule has 9 heteroatoms. The summed E-state index contributed by atoms with van der Waals surface area (Å²) >= 11 is 0. The summed E-state index contributed by atoms with van der Waals surface area (Å²) < 4.78 is 24.1. The minimum atomic E-state index is -0.460. The molecule has 0 saturated carbocycles. The van der Waals surface area contributed by atoms with Crippen LogP contribution in [0.2, 0.25) is 0 Å². The average Bonchev–Trinajstić information content (AvgIpc) is 3.31.